The lowest BCUT2D eigenvalue weighted by atomic mass is 10.0. The van der Waals surface area contributed by atoms with E-state index in [1.54, 1.807) is 11.3 Å². The smallest absolute Gasteiger partial charge is 0.131 e. The van der Waals surface area contributed by atoms with E-state index < -0.39 is 0 Å². The molecule has 0 aliphatic heterocycles. The molecule has 0 fully saturated rings. The highest BCUT2D eigenvalue weighted by molar-refractivity contribution is 7.11. The Balaban J connectivity index is 2.01. The fourth-order valence-electron chi connectivity index (χ4n) is 2.03. The molecule has 1 aromatic carbocycles. The summed E-state index contributed by atoms with van der Waals surface area (Å²) in [5.74, 6) is 0. The van der Waals surface area contributed by atoms with Crippen molar-refractivity contribution >= 4 is 11.3 Å². The third-order valence-corrected chi connectivity index (χ3v) is 3.71. The Morgan fingerprint density at radius 1 is 1.11 bits per heavy atom. The molecule has 96 valence electrons. The molecule has 3 nitrogen and oxygen atoms in total. The molecule has 1 N–H and O–H groups in total. The number of hydrogen-bond acceptors (Lipinski definition) is 4. The van der Waals surface area contributed by atoms with Gasteiger partial charge in [0, 0.05) is 6.04 Å². The molecule has 0 aliphatic carbocycles. The predicted molar refractivity (Wildman–Crippen MR) is 75.8 cm³/mol. The molecule has 0 aliphatic rings. The van der Waals surface area contributed by atoms with Crippen LogP contribution in [0.1, 0.15) is 39.7 Å². The Hall–Kier alpha value is -1.26. The van der Waals surface area contributed by atoms with E-state index in [1.165, 1.54) is 16.7 Å². The molecular weight excluding hydrogens is 242 g/mol. The van der Waals surface area contributed by atoms with Gasteiger partial charge in [-0.25, -0.2) is 0 Å². The number of rotatable bonds is 4. The number of nitrogens with one attached hydrogen (secondary N) is 1. The number of nitrogens with zero attached hydrogens (tertiary/aromatic N) is 2. The molecular formula is C14H19N3S. The number of benzene rings is 1. The average molecular weight is 261 g/mol. The minimum absolute atomic E-state index is 0.327. The van der Waals surface area contributed by atoms with Crippen LogP contribution in [-0.4, -0.2) is 10.2 Å². The van der Waals surface area contributed by atoms with Crippen LogP contribution < -0.4 is 5.32 Å². The first-order chi connectivity index (χ1) is 8.54. The number of aryl methyl sites for hydroxylation is 3. The Kier molecular flexibility index (Phi) is 4.09. The van der Waals surface area contributed by atoms with Gasteiger partial charge in [0.25, 0.3) is 0 Å². The second-order valence-electron chi connectivity index (χ2n) is 4.74. The lowest BCUT2D eigenvalue weighted by Crippen LogP contribution is -2.18. The standard InChI is InChI=1S/C14H19N3S/c1-9-5-10(2)7-13(6-9)11(3)15-8-14-17-16-12(4)18-14/h5-7,11,15H,8H2,1-4H3/t11-/m1/s1. The maximum atomic E-state index is 4.12. The zero-order valence-corrected chi connectivity index (χ0v) is 12.1. The second kappa shape index (κ2) is 5.59. The average Bonchev–Trinajstić information content (AvgIpc) is 2.70. The van der Waals surface area contributed by atoms with Gasteiger partial charge in [-0.2, -0.15) is 0 Å². The van der Waals surface area contributed by atoms with Crippen molar-refractivity contribution in [2.24, 2.45) is 0 Å². The Labute approximate surface area is 112 Å². The van der Waals surface area contributed by atoms with Crippen LogP contribution in [0.3, 0.4) is 0 Å². The molecule has 0 saturated heterocycles. The van der Waals surface area contributed by atoms with E-state index in [9.17, 15) is 0 Å². The number of hydrogen-bond donors (Lipinski definition) is 1. The molecule has 0 amide bonds. The third kappa shape index (κ3) is 3.37. The van der Waals surface area contributed by atoms with Gasteiger partial charge < -0.3 is 5.32 Å². The van der Waals surface area contributed by atoms with Crippen LogP contribution in [-0.2, 0) is 6.54 Å². The summed E-state index contributed by atoms with van der Waals surface area (Å²) >= 11 is 1.65. The highest BCUT2D eigenvalue weighted by atomic mass is 32.1. The first-order valence-corrected chi connectivity index (χ1v) is 6.97. The molecule has 0 spiro atoms. The van der Waals surface area contributed by atoms with Crippen LogP contribution in [0.2, 0.25) is 0 Å². The van der Waals surface area contributed by atoms with Gasteiger partial charge in [0.15, 0.2) is 0 Å². The van der Waals surface area contributed by atoms with Crippen molar-refractivity contribution in [2.75, 3.05) is 0 Å². The maximum absolute atomic E-state index is 4.12. The van der Waals surface area contributed by atoms with Crippen LogP contribution in [0, 0.1) is 20.8 Å². The number of aromatic nitrogens is 2. The van der Waals surface area contributed by atoms with Gasteiger partial charge in [-0.15, -0.1) is 21.5 Å². The minimum Gasteiger partial charge on any atom is -0.304 e. The van der Waals surface area contributed by atoms with Crippen LogP contribution >= 0.6 is 11.3 Å². The zero-order chi connectivity index (χ0) is 13.1. The van der Waals surface area contributed by atoms with E-state index in [0.717, 1.165) is 16.6 Å². The highest BCUT2D eigenvalue weighted by Gasteiger charge is 2.07. The van der Waals surface area contributed by atoms with Crippen molar-refractivity contribution < 1.29 is 0 Å². The normalized spacial score (nSPS) is 12.7. The molecule has 0 unspecified atom stereocenters. The van der Waals surface area contributed by atoms with Crippen molar-refractivity contribution in [1.29, 1.82) is 0 Å². The zero-order valence-electron chi connectivity index (χ0n) is 11.3. The van der Waals surface area contributed by atoms with Crippen LogP contribution in [0.25, 0.3) is 0 Å². The molecule has 18 heavy (non-hydrogen) atoms. The monoisotopic (exact) mass is 261 g/mol. The fraction of sp³-hybridized carbons (Fsp3) is 0.429. The summed E-state index contributed by atoms with van der Waals surface area (Å²) in [6, 6.07) is 6.99. The molecule has 4 heteroatoms. The summed E-state index contributed by atoms with van der Waals surface area (Å²) in [6.07, 6.45) is 0. The molecule has 0 saturated carbocycles. The molecule has 0 bridgehead atoms. The summed E-state index contributed by atoms with van der Waals surface area (Å²) in [6.45, 7) is 9.21. The first kappa shape index (κ1) is 13.2. The largest absolute Gasteiger partial charge is 0.304 e. The van der Waals surface area contributed by atoms with Crippen LogP contribution in [0.15, 0.2) is 18.2 Å². The van der Waals surface area contributed by atoms with Crippen molar-refractivity contribution in [3.63, 3.8) is 0 Å². The second-order valence-corrected chi connectivity index (χ2v) is 6.00. The maximum Gasteiger partial charge on any atom is 0.131 e. The SMILES string of the molecule is Cc1cc(C)cc([C@@H](C)NCc2nnc(C)s2)c1. The molecule has 1 atom stereocenters. The topological polar surface area (TPSA) is 37.8 Å². The molecule has 1 heterocycles. The Morgan fingerprint density at radius 3 is 2.33 bits per heavy atom. The van der Waals surface area contributed by atoms with Gasteiger partial charge in [-0.1, -0.05) is 29.3 Å². The van der Waals surface area contributed by atoms with Crippen LogP contribution in [0.5, 0.6) is 0 Å². The van der Waals surface area contributed by atoms with E-state index in [-0.39, 0.29) is 0 Å². The van der Waals surface area contributed by atoms with Gasteiger partial charge in [0.05, 0.1) is 6.54 Å². The summed E-state index contributed by atoms with van der Waals surface area (Å²) in [5, 5.41) is 13.7. The molecule has 2 rings (SSSR count). The van der Waals surface area contributed by atoms with Crippen molar-refractivity contribution in [1.82, 2.24) is 15.5 Å². The van der Waals surface area contributed by atoms with Gasteiger partial charge in [-0.3, -0.25) is 0 Å². The quantitative estimate of drug-likeness (QED) is 0.917. The Bertz CT molecular complexity index is 513. The predicted octanol–water partition coefficient (Wildman–Crippen LogP) is 3.31. The van der Waals surface area contributed by atoms with E-state index in [1.807, 2.05) is 6.92 Å². The van der Waals surface area contributed by atoms with Gasteiger partial charge >= 0.3 is 0 Å². The Morgan fingerprint density at radius 2 is 1.78 bits per heavy atom. The minimum atomic E-state index is 0.327. The third-order valence-electron chi connectivity index (χ3n) is 2.87. The fourth-order valence-corrected chi connectivity index (χ4v) is 2.69. The molecule has 2 aromatic rings. The van der Waals surface area contributed by atoms with E-state index in [4.69, 9.17) is 0 Å². The lowest BCUT2D eigenvalue weighted by molar-refractivity contribution is 0.570. The van der Waals surface area contributed by atoms with Crippen molar-refractivity contribution in [2.45, 2.75) is 40.3 Å². The summed E-state index contributed by atoms with van der Waals surface area (Å²) in [5.41, 5.74) is 3.95. The first-order valence-electron chi connectivity index (χ1n) is 6.15. The highest BCUT2D eigenvalue weighted by Crippen LogP contribution is 2.17. The van der Waals surface area contributed by atoms with E-state index in [0.29, 0.717) is 6.04 Å². The van der Waals surface area contributed by atoms with Gasteiger partial charge in [0.2, 0.25) is 0 Å². The summed E-state index contributed by atoms with van der Waals surface area (Å²) < 4.78 is 0. The van der Waals surface area contributed by atoms with Crippen LogP contribution in [0.4, 0.5) is 0 Å². The molecule has 1 aromatic heterocycles. The van der Waals surface area contributed by atoms with Crippen molar-refractivity contribution in [3.8, 4) is 0 Å². The summed E-state index contributed by atoms with van der Waals surface area (Å²) in [7, 11) is 0. The molecule has 0 radical (unpaired) electrons. The van der Waals surface area contributed by atoms with Gasteiger partial charge in [-0.05, 0) is 33.3 Å². The van der Waals surface area contributed by atoms with E-state index >= 15 is 0 Å². The van der Waals surface area contributed by atoms with Gasteiger partial charge in [0.1, 0.15) is 10.0 Å². The van der Waals surface area contributed by atoms with Crippen molar-refractivity contribution in [3.05, 3.63) is 44.9 Å². The summed E-state index contributed by atoms with van der Waals surface area (Å²) in [4.78, 5) is 0. The van der Waals surface area contributed by atoms with E-state index in [2.05, 4.69) is 54.5 Å². The lowest BCUT2D eigenvalue weighted by Gasteiger charge is -2.14.